The molecule has 0 fully saturated rings. The van der Waals surface area contributed by atoms with Crippen molar-refractivity contribution in [2.45, 2.75) is 12.8 Å². The van der Waals surface area contributed by atoms with Gasteiger partial charge in [-0.05, 0) is 36.2 Å². The molecule has 0 bridgehead atoms. The summed E-state index contributed by atoms with van der Waals surface area (Å²) in [5.41, 5.74) is 4.58. The molecule has 0 amide bonds. The Hall–Kier alpha value is -2.07. The van der Waals surface area contributed by atoms with Crippen molar-refractivity contribution >= 4 is 18.1 Å². The molecule has 2 aliphatic heterocycles. The highest BCUT2D eigenvalue weighted by molar-refractivity contribution is 6.04. The van der Waals surface area contributed by atoms with E-state index in [9.17, 15) is 0 Å². The number of rotatable bonds is 2. The predicted octanol–water partition coefficient (Wildman–Crippen LogP) is 2.82. The summed E-state index contributed by atoms with van der Waals surface area (Å²) in [5, 5.41) is 0. The van der Waals surface area contributed by atoms with E-state index in [1.807, 2.05) is 24.4 Å². The maximum absolute atomic E-state index is 5.47. The number of aliphatic imine (C=N–C) groups is 1. The van der Waals surface area contributed by atoms with Crippen molar-refractivity contribution < 1.29 is 9.47 Å². The van der Waals surface area contributed by atoms with E-state index >= 15 is 0 Å². The first-order valence-electron chi connectivity index (χ1n) is 6.76. The monoisotopic (exact) mass is 302 g/mol. The molecule has 0 atom stereocenters. The molecule has 1 aromatic carbocycles. The number of ether oxygens (including phenoxy) is 2. The Morgan fingerprint density at radius 1 is 1.10 bits per heavy atom. The Morgan fingerprint density at radius 3 is 2.76 bits per heavy atom. The van der Waals surface area contributed by atoms with Crippen molar-refractivity contribution in [3.05, 3.63) is 53.3 Å². The van der Waals surface area contributed by atoms with Crippen molar-refractivity contribution in [3.8, 4) is 11.5 Å². The standard InChI is InChI=1S/C16H14N2O2.ClH/c1-2-5-17-12(3-1)8-14-13-9-16-15(19-10-20-16)7-11(13)4-6-18-14;/h1-3,5,7,9H,4,6,8,10H2;1H. The van der Waals surface area contributed by atoms with Crippen LogP contribution in [-0.2, 0) is 12.8 Å². The third-order valence-corrected chi connectivity index (χ3v) is 3.67. The normalized spacial score (nSPS) is 15.0. The zero-order chi connectivity index (χ0) is 13.4. The lowest BCUT2D eigenvalue weighted by Gasteiger charge is -2.17. The Bertz CT molecular complexity index is 686. The molecule has 5 heteroatoms. The Morgan fingerprint density at radius 2 is 1.95 bits per heavy atom. The quantitative estimate of drug-likeness (QED) is 0.857. The number of hydrogen-bond donors (Lipinski definition) is 0. The van der Waals surface area contributed by atoms with Crippen LogP contribution in [0.4, 0.5) is 0 Å². The number of benzene rings is 1. The maximum Gasteiger partial charge on any atom is 0.231 e. The van der Waals surface area contributed by atoms with E-state index < -0.39 is 0 Å². The van der Waals surface area contributed by atoms with Crippen LogP contribution in [0.1, 0.15) is 16.8 Å². The van der Waals surface area contributed by atoms with Crippen LogP contribution in [0.25, 0.3) is 0 Å². The van der Waals surface area contributed by atoms with Crippen LogP contribution in [0.3, 0.4) is 0 Å². The number of nitrogens with zero attached hydrogens (tertiary/aromatic N) is 2. The van der Waals surface area contributed by atoms with Gasteiger partial charge in [0.2, 0.25) is 6.79 Å². The fraction of sp³-hybridized carbons (Fsp3) is 0.250. The summed E-state index contributed by atoms with van der Waals surface area (Å²) in [7, 11) is 0. The summed E-state index contributed by atoms with van der Waals surface area (Å²) in [6.45, 7) is 1.14. The zero-order valence-corrected chi connectivity index (χ0v) is 12.2. The molecular weight excluding hydrogens is 288 g/mol. The summed E-state index contributed by atoms with van der Waals surface area (Å²) in [4.78, 5) is 9.05. The van der Waals surface area contributed by atoms with Gasteiger partial charge < -0.3 is 9.47 Å². The Balaban J connectivity index is 0.00000132. The summed E-state index contributed by atoms with van der Waals surface area (Å²) >= 11 is 0. The first-order valence-corrected chi connectivity index (χ1v) is 6.76. The molecule has 0 spiro atoms. The molecule has 4 nitrogen and oxygen atoms in total. The first kappa shape index (κ1) is 13.9. The number of halogens is 1. The minimum absolute atomic E-state index is 0. The first-order chi connectivity index (χ1) is 9.90. The van der Waals surface area contributed by atoms with E-state index in [1.165, 1.54) is 11.1 Å². The van der Waals surface area contributed by atoms with E-state index in [1.54, 1.807) is 0 Å². The topological polar surface area (TPSA) is 43.7 Å². The highest BCUT2D eigenvalue weighted by Crippen LogP contribution is 2.36. The molecule has 0 N–H and O–H groups in total. The zero-order valence-electron chi connectivity index (χ0n) is 11.4. The molecule has 4 rings (SSSR count). The number of aromatic nitrogens is 1. The van der Waals surface area contributed by atoms with Crippen molar-refractivity contribution in [2.24, 2.45) is 4.99 Å². The van der Waals surface area contributed by atoms with Crippen molar-refractivity contribution in [2.75, 3.05) is 13.3 Å². The van der Waals surface area contributed by atoms with Gasteiger partial charge >= 0.3 is 0 Å². The molecule has 0 unspecified atom stereocenters. The van der Waals surface area contributed by atoms with Crippen LogP contribution < -0.4 is 9.47 Å². The lowest BCUT2D eigenvalue weighted by molar-refractivity contribution is 0.174. The van der Waals surface area contributed by atoms with Crippen LogP contribution in [0.2, 0.25) is 0 Å². The third-order valence-electron chi connectivity index (χ3n) is 3.67. The second kappa shape index (κ2) is 5.74. The van der Waals surface area contributed by atoms with Crippen molar-refractivity contribution in [3.63, 3.8) is 0 Å². The average Bonchev–Trinajstić information content (AvgIpc) is 2.94. The van der Waals surface area contributed by atoms with Gasteiger partial charge in [0.1, 0.15) is 0 Å². The molecule has 21 heavy (non-hydrogen) atoms. The fourth-order valence-corrected chi connectivity index (χ4v) is 2.68. The van der Waals surface area contributed by atoms with Gasteiger partial charge in [0.15, 0.2) is 11.5 Å². The van der Waals surface area contributed by atoms with E-state index in [4.69, 9.17) is 9.47 Å². The van der Waals surface area contributed by atoms with E-state index in [2.05, 4.69) is 22.1 Å². The number of hydrogen-bond acceptors (Lipinski definition) is 4. The van der Waals surface area contributed by atoms with Gasteiger partial charge in [-0.15, -0.1) is 12.4 Å². The van der Waals surface area contributed by atoms with Gasteiger partial charge in [-0.1, -0.05) is 6.07 Å². The molecule has 3 heterocycles. The van der Waals surface area contributed by atoms with Gasteiger partial charge in [-0.2, -0.15) is 0 Å². The van der Waals surface area contributed by atoms with Crippen LogP contribution in [0.15, 0.2) is 41.5 Å². The largest absolute Gasteiger partial charge is 0.454 e. The fourth-order valence-electron chi connectivity index (χ4n) is 2.68. The lowest BCUT2D eigenvalue weighted by Crippen LogP contribution is -2.15. The van der Waals surface area contributed by atoms with E-state index in [0.29, 0.717) is 6.79 Å². The molecule has 0 radical (unpaired) electrons. The average molecular weight is 303 g/mol. The number of pyridine rings is 1. The van der Waals surface area contributed by atoms with Gasteiger partial charge in [0.25, 0.3) is 0 Å². The molecule has 0 saturated carbocycles. The van der Waals surface area contributed by atoms with E-state index in [0.717, 1.165) is 42.3 Å². The SMILES string of the molecule is Cl.c1ccc(CC2=NCCc3cc4c(cc32)OCO4)nc1. The van der Waals surface area contributed by atoms with Gasteiger partial charge in [0.05, 0.1) is 0 Å². The number of fused-ring (bicyclic) bond motifs is 2. The molecule has 2 aromatic rings. The Labute approximate surface area is 129 Å². The second-order valence-corrected chi connectivity index (χ2v) is 4.94. The molecule has 108 valence electrons. The minimum Gasteiger partial charge on any atom is -0.454 e. The smallest absolute Gasteiger partial charge is 0.231 e. The van der Waals surface area contributed by atoms with Gasteiger partial charge in [-0.25, -0.2) is 0 Å². The molecule has 0 aliphatic carbocycles. The Kier molecular flexibility index (Phi) is 3.80. The van der Waals surface area contributed by atoms with Crippen LogP contribution in [0.5, 0.6) is 11.5 Å². The summed E-state index contributed by atoms with van der Waals surface area (Å²) in [5.74, 6) is 1.67. The van der Waals surface area contributed by atoms with Crippen molar-refractivity contribution in [1.29, 1.82) is 0 Å². The predicted molar refractivity (Wildman–Crippen MR) is 82.9 cm³/mol. The van der Waals surface area contributed by atoms with Gasteiger partial charge in [-0.3, -0.25) is 9.98 Å². The minimum atomic E-state index is 0. The lowest BCUT2D eigenvalue weighted by atomic mass is 9.94. The van der Waals surface area contributed by atoms with Crippen LogP contribution in [-0.4, -0.2) is 24.0 Å². The van der Waals surface area contributed by atoms with Crippen LogP contribution in [0, 0.1) is 0 Å². The molecular formula is C16H15ClN2O2. The van der Waals surface area contributed by atoms with Crippen molar-refractivity contribution in [1.82, 2.24) is 4.98 Å². The molecule has 1 aromatic heterocycles. The molecule has 2 aliphatic rings. The molecule has 0 saturated heterocycles. The summed E-state index contributed by atoms with van der Waals surface area (Å²) in [6.07, 6.45) is 3.53. The maximum atomic E-state index is 5.47. The van der Waals surface area contributed by atoms with Gasteiger partial charge in [0, 0.05) is 36.1 Å². The second-order valence-electron chi connectivity index (χ2n) is 4.94. The highest BCUT2D eigenvalue weighted by Gasteiger charge is 2.21. The summed E-state index contributed by atoms with van der Waals surface area (Å²) in [6, 6.07) is 10.1. The highest BCUT2D eigenvalue weighted by atomic mass is 35.5. The third kappa shape index (κ3) is 2.59. The summed E-state index contributed by atoms with van der Waals surface area (Å²) < 4.78 is 10.9. The van der Waals surface area contributed by atoms with E-state index in [-0.39, 0.29) is 12.4 Å². The van der Waals surface area contributed by atoms with Crippen LogP contribution >= 0.6 is 12.4 Å².